The lowest BCUT2D eigenvalue weighted by Crippen LogP contribution is -2.40. The second kappa shape index (κ2) is 15.4. The Labute approximate surface area is 237 Å². The number of hydrogen-bond acceptors (Lipinski definition) is 6. The fourth-order valence-corrected chi connectivity index (χ4v) is 7.06. The van der Waals surface area contributed by atoms with E-state index in [1.54, 1.807) is 23.5 Å². The van der Waals surface area contributed by atoms with Gasteiger partial charge in [-0.1, -0.05) is 55.3 Å². The third-order valence-electron chi connectivity index (χ3n) is 6.53. The van der Waals surface area contributed by atoms with E-state index in [0.29, 0.717) is 29.7 Å². The first kappa shape index (κ1) is 30.4. The van der Waals surface area contributed by atoms with Crippen molar-refractivity contribution in [2.75, 3.05) is 30.3 Å². The topological polar surface area (TPSA) is 44.7 Å². The normalized spacial score (nSPS) is 22.8. The maximum absolute atomic E-state index is 14.5. The molecule has 2 aliphatic rings. The summed E-state index contributed by atoms with van der Waals surface area (Å²) in [5.41, 5.74) is 3.11. The number of thioether (sulfide) groups is 2. The molecule has 1 N–H and O–H groups in total. The fraction of sp³-hybridized carbons (Fsp3) is 0.571. The first-order chi connectivity index (χ1) is 17.9. The number of aliphatic imine (C=N–C) groups is 1. The van der Waals surface area contributed by atoms with E-state index in [9.17, 15) is 13.6 Å². The molecule has 1 aromatic rings. The average Bonchev–Trinajstić information content (AvgIpc) is 3.22. The molecule has 0 amide bonds. The molecule has 3 atom stereocenters. The van der Waals surface area contributed by atoms with Crippen molar-refractivity contribution < 1.29 is 13.6 Å². The van der Waals surface area contributed by atoms with Gasteiger partial charge < -0.3 is 10.1 Å². The monoisotopic (exact) mass is 613 g/mol. The van der Waals surface area contributed by atoms with E-state index in [-0.39, 0.29) is 17.9 Å². The van der Waals surface area contributed by atoms with E-state index in [1.165, 1.54) is 12.1 Å². The first-order valence-corrected chi connectivity index (χ1v) is 16.1. The lowest BCUT2D eigenvalue weighted by atomic mass is 9.93. The Morgan fingerprint density at radius 1 is 1.30 bits per heavy atom. The highest BCUT2D eigenvalue weighted by atomic mass is 79.9. The maximum Gasteiger partial charge on any atom is 0.139 e. The van der Waals surface area contributed by atoms with Gasteiger partial charge in [-0.3, -0.25) is 9.89 Å². The number of unbranched alkanes of at least 4 members (excludes halogenated alkanes) is 1. The summed E-state index contributed by atoms with van der Waals surface area (Å²) in [6.45, 7) is 7.42. The molecule has 204 valence electrons. The molecule has 9 heteroatoms. The molecule has 0 bridgehead atoms. The molecule has 3 rings (SSSR count). The van der Waals surface area contributed by atoms with Crippen LogP contribution in [0.3, 0.4) is 0 Å². The number of rotatable bonds is 14. The van der Waals surface area contributed by atoms with E-state index in [0.717, 1.165) is 71.0 Å². The van der Waals surface area contributed by atoms with Gasteiger partial charge in [0.15, 0.2) is 0 Å². The van der Waals surface area contributed by atoms with Crippen LogP contribution in [0.5, 0.6) is 0 Å². The Kier molecular flexibility index (Phi) is 12.7. The minimum absolute atomic E-state index is 0.0789. The van der Waals surface area contributed by atoms with Gasteiger partial charge in [0.25, 0.3) is 0 Å². The molecule has 0 radical (unpaired) electrons. The van der Waals surface area contributed by atoms with Crippen LogP contribution in [0.2, 0.25) is 0 Å². The van der Waals surface area contributed by atoms with Crippen molar-refractivity contribution in [1.82, 2.24) is 10.2 Å². The number of allylic oxidation sites excluding steroid dienone is 1. The van der Waals surface area contributed by atoms with Crippen LogP contribution in [-0.2, 0) is 4.79 Å². The number of nitrogens with one attached hydrogen (secondary N) is 1. The Bertz CT molecular complexity index is 1020. The third kappa shape index (κ3) is 8.41. The Morgan fingerprint density at radius 3 is 2.78 bits per heavy atom. The number of hydrogen-bond donors (Lipinski definition) is 1. The smallest absolute Gasteiger partial charge is 0.139 e. The van der Waals surface area contributed by atoms with E-state index < -0.39 is 6.17 Å². The molecule has 1 saturated heterocycles. The number of alkyl halides is 1. The van der Waals surface area contributed by atoms with Crippen LogP contribution in [0, 0.1) is 5.82 Å². The number of halogens is 3. The number of amidine groups is 1. The zero-order chi connectivity index (χ0) is 26.8. The van der Waals surface area contributed by atoms with Crippen molar-refractivity contribution in [1.29, 1.82) is 0 Å². The molecule has 2 aliphatic heterocycles. The highest BCUT2D eigenvalue weighted by Gasteiger charge is 2.35. The maximum atomic E-state index is 14.5. The lowest BCUT2D eigenvalue weighted by Gasteiger charge is -2.33. The van der Waals surface area contributed by atoms with Gasteiger partial charge in [0.05, 0.1) is 0 Å². The molecular formula is C28H38BrF2N3OS2. The minimum atomic E-state index is -0.869. The van der Waals surface area contributed by atoms with Crippen molar-refractivity contribution in [3.05, 3.63) is 56.3 Å². The summed E-state index contributed by atoms with van der Waals surface area (Å²) in [5.74, 6) is 2.70. The zero-order valence-corrected chi connectivity index (χ0v) is 25.2. The molecule has 4 nitrogen and oxygen atoms in total. The second-order valence-electron chi connectivity index (χ2n) is 9.35. The quantitative estimate of drug-likeness (QED) is 0.174. The molecule has 0 aliphatic carbocycles. The Hall–Kier alpha value is -1.16. The molecule has 0 aromatic heterocycles. The van der Waals surface area contributed by atoms with Crippen molar-refractivity contribution in [3.8, 4) is 0 Å². The van der Waals surface area contributed by atoms with Gasteiger partial charge in [-0.2, -0.15) is 11.8 Å². The summed E-state index contributed by atoms with van der Waals surface area (Å²) >= 11 is 6.94. The SMILES string of the molecule is CCC/C=C(/SCCC)C1=N[C@@H](c2ccc(F)cc2Br)C(CC)=C(CN2CC(F)CC2CSCC=O)N1. The summed E-state index contributed by atoms with van der Waals surface area (Å²) in [5, 5.41) is 3.66. The molecule has 1 aromatic carbocycles. The molecule has 0 saturated carbocycles. The second-order valence-corrected chi connectivity index (χ2v) is 12.4. The van der Waals surface area contributed by atoms with Crippen molar-refractivity contribution in [2.45, 2.75) is 71.1 Å². The van der Waals surface area contributed by atoms with Crippen LogP contribution in [-0.4, -0.2) is 59.6 Å². The molecule has 37 heavy (non-hydrogen) atoms. The minimum Gasteiger partial charge on any atom is -0.342 e. The Balaban J connectivity index is 2.01. The summed E-state index contributed by atoms with van der Waals surface area (Å²) in [6, 6.07) is 4.61. The van der Waals surface area contributed by atoms with Gasteiger partial charge in [-0.05, 0) is 54.7 Å². The molecule has 2 heterocycles. The number of carbonyl (C=O) groups excluding carboxylic acids is 1. The van der Waals surface area contributed by atoms with Gasteiger partial charge in [-0.25, -0.2) is 8.78 Å². The predicted molar refractivity (Wildman–Crippen MR) is 159 cm³/mol. The number of aldehydes is 1. The highest BCUT2D eigenvalue weighted by molar-refractivity contribution is 9.10. The van der Waals surface area contributed by atoms with E-state index in [4.69, 9.17) is 4.99 Å². The van der Waals surface area contributed by atoms with Gasteiger partial charge in [0.2, 0.25) is 0 Å². The van der Waals surface area contributed by atoms with Crippen molar-refractivity contribution in [2.24, 2.45) is 4.99 Å². The van der Waals surface area contributed by atoms with E-state index >= 15 is 0 Å². The summed E-state index contributed by atoms with van der Waals surface area (Å²) in [6.07, 6.45) is 6.61. The number of nitrogens with zero attached hydrogens (tertiary/aromatic N) is 2. The highest BCUT2D eigenvalue weighted by Crippen LogP contribution is 2.39. The van der Waals surface area contributed by atoms with Crippen LogP contribution < -0.4 is 5.32 Å². The molecule has 2 unspecified atom stereocenters. The van der Waals surface area contributed by atoms with Gasteiger partial charge in [0, 0.05) is 45.7 Å². The fourth-order valence-electron chi connectivity index (χ4n) is 4.74. The van der Waals surface area contributed by atoms with E-state index in [2.05, 4.69) is 53.0 Å². The number of likely N-dealkylation sites (tertiary alicyclic amines) is 1. The summed E-state index contributed by atoms with van der Waals surface area (Å²) < 4.78 is 29.2. The van der Waals surface area contributed by atoms with E-state index in [1.807, 2.05) is 6.07 Å². The first-order valence-electron chi connectivity index (χ1n) is 13.2. The van der Waals surface area contributed by atoms with Crippen molar-refractivity contribution >= 4 is 51.6 Å². The molecule has 0 spiro atoms. The third-order valence-corrected chi connectivity index (χ3v) is 9.49. The Morgan fingerprint density at radius 2 is 2.11 bits per heavy atom. The van der Waals surface area contributed by atoms with Crippen LogP contribution >= 0.6 is 39.5 Å². The van der Waals surface area contributed by atoms with Crippen LogP contribution in [0.15, 0.2) is 49.9 Å². The molecule has 1 fully saturated rings. The number of benzene rings is 1. The van der Waals surface area contributed by atoms with Gasteiger partial charge >= 0.3 is 0 Å². The molecular weight excluding hydrogens is 576 g/mol. The predicted octanol–water partition coefficient (Wildman–Crippen LogP) is 7.47. The van der Waals surface area contributed by atoms with Gasteiger partial charge in [0.1, 0.15) is 30.2 Å². The average molecular weight is 615 g/mol. The summed E-state index contributed by atoms with van der Waals surface area (Å²) in [4.78, 5) is 19.3. The van der Waals surface area contributed by atoms with Crippen LogP contribution in [0.1, 0.15) is 64.5 Å². The van der Waals surface area contributed by atoms with Crippen LogP contribution in [0.25, 0.3) is 0 Å². The van der Waals surface area contributed by atoms with Crippen molar-refractivity contribution in [3.63, 3.8) is 0 Å². The number of carbonyl (C=O) groups is 1. The van der Waals surface area contributed by atoms with Gasteiger partial charge in [-0.15, -0.1) is 11.8 Å². The lowest BCUT2D eigenvalue weighted by molar-refractivity contribution is -0.105. The zero-order valence-electron chi connectivity index (χ0n) is 21.9. The van der Waals surface area contributed by atoms with Crippen LogP contribution in [0.4, 0.5) is 8.78 Å². The summed E-state index contributed by atoms with van der Waals surface area (Å²) in [7, 11) is 0. The largest absolute Gasteiger partial charge is 0.342 e. The standard InChI is InChI=1S/C28H38BrF2N3OS2/c1-4-7-8-26(37-12-5-2)28-32-25(17-34-16-20(31)14-21(34)18-36-13-11-35)22(6-3)27(33-28)23-10-9-19(30)15-24(23)29/h8-11,15,20-21,27H,4-7,12-14,16-18H2,1-3H3,(H,32,33)/b26-8+/t20?,21?,27-/m1/s1.